The van der Waals surface area contributed by atoms with Crippen LogP contribution in [-0.2, 0) is 4.74 Å². The van der Waals surface area contributed by atoms with Crippen molar-refractivity contribution in [1.82, 2.24) is 0 Å². The Bertz CT molecular complexity index is 76.0. The van der Waals surface area contributed by atoms with Crippen molar-refractivity contribution in [3.8, 4) is 0 Å². The van der Waals surface area contributed by atoms with Crippen molar-refractivity contribution in [1.29, 1.82) is 0 Å². The molecule has 0 aromatic rings. The lowest BCUT2D eigenvalue weighted by atomic mass is 10.8. The molecule has 1 fully saturated rings. The first-order valence-corrected chi connectivity index (χ1v) is 10.0. The second-order valence-electron chi connectivity index (χ2n) is 3.06. The molecule has 0 saturated carbocycles. The summed E-state index contributed by atoms with van der Waals surface area (Å²) >= 11 is 8.24. The van der Waals surface area contributed by atoms with Crippen molar-refractivity contribution >= 4 is 47.0 Å². The maximum Gasteiger partial charge on any atom is 0.0557 e. The highest BCUT2D eigenvalue weighted by atomic mass is 32.2. The molecule has 1 saturated heterocycles. The third-order valence-electron chi connectivity index (χ3n) is 1.86. The number of ether oxygens (including phenoxy) is 1. The first-order chi connectivity index (χ1) is 7.50. The fourth-order valence-corrected chi connectivity index (χ4v) is 5.22. The average Bonchev–Trinajstić information content (AvgIpc) is 2.27. The first-order valence-electron chi connectivity index (χ1n) is 5.39. The van der Waals surface area contributed by atoms with E-state index in [1.54, 1.807) is 0 Å². The normalized spacial score (nSPS) is 24.0. The van der Waals surface area contributed by atoms with Gasteiger partial charge in [0, 0.05) is 46.0 Å². The summed E-state index contributed by atoms with van der Waals surface area (Å²) in [7, 11) is 0. The van der Waals surface area contributed by atoms with E-state index >= 15 is 0 Å². The highest BCUT2D eigenvalue weighted by molar-refractivity contribution is 8.05. The molecule has 0 atom stereocenters. The zero-order valence-electron chi connectivity index (χ0n) is 9.11. The largest absolute Gasteiger partial charge is 0.380 e. The highest BCUT2D eigenvalue weighted by Crippen LogP contribution is 2.12. The maximum absolute atomic E-state index is 5.55. The van der Waals surface area contributed by atoms with Crippen LogP contribution in [0.5, 0.6) is 0 Å². The van der Waals surface area contributed by atoms with Gasteiger partial charge in [0.2, 0.25) is 0 Å². The zero-order valence-corrected chi connectivity index (χ0v) is 12.4. The van der Waals surface area contributed by atoms with E-state index in [1.807, 2.05) is 23.5 Å². The van der Waals surface area contributed by atoms with Crippen LogP contribution >= 0.6 is 47.0 Å². The minimum Gasteiger partial charge on any atom is -0.380 e. The standard InChI is InChI=1S/C10H20OS4/c1-3-12-5-7-14-9-10-15-8-6-13-4-2-11-1/h1-10H2. The predicted molar refractivity (Wildman–Crippen MR) is 80.1 cm³/mol. The van der Waals surface area contributed by atoms with Crippen LogP contribution in [0.2, 0.25) is 0 Å². The molecule has 1 heterocycles. The minimum atomic E-state index is 0.935. The van der Waals surface area contributed by atoms with Gasteiger partial charge < -0.3 is 4.74 Å². The third-order valence-corrected chi connectivity index (χ3v) is 6.50. The second kappa shape index (κ2) is 11.8. The van der Waals surface area contributed by atoms with Crippen LogP contribution in [0.1, 0.15) is 0 Å². The van der Waals surface area contributed by atoms with Crippen LogP contribution in [0.3, 0.4) is 0 Å². The Hall–Kier alpha value is 1.36. The van der Waals surface area contributed by atoms with Crippen molar-refractivity contribution in [2.24, 2.45) is 0 Å². The van der Waals surface area contributed by atoms with E-state index in [2.05, 4.69) is 23.5 Å². The SMILES string of the molecule is C1CSCCSCCSCCSCCO1. The zero-order chi connectivity index (χ0) is 10.6. The molecular formula is C10H20OS4. The Balaban J connectivity index is 2.01. The Labute approximate surface area is 111 Å². The molecule has 0 aromatic carbocycles. The molecule has 0 amide bonds. The van der Waals surface area contributed by atoms with Gasteiger partial charge in [-0.2, -0.15) is 47.0 Å². The first kappa shape index (κ1) is 14.4. The van der Waals surface area contributed by atoms with Gasteiger partial charge in [-0.15, -0.1) is 0 Å². The quantitative estimate of drug-likeness (QED) is 0.674. The van der Waals surface area contributed by atoms with Crippen LogP contribution in [0, 0.1) is 0 Å². The molecule has 1 aliphatic rings. The lowest BCUT2D eigenvalue weighted by Crippen LogP contribution is -2.02. The molecule has 1 aliphatic heterocycles. The Morgan fingerprint density at radius 2 is 0.800 bits per heavy atom. The molecule has 0 spiro atoms. The second-order valence-corrected chi connectivity index (χ2v) is 7.96. The number of hydrogen-bond donors (Lipinski definition) is 0. The van der Waals surface area contributed by atoms with Gasteiger partial charge in [0.15, 0.2) is 0 Å². The van der Waals surface area contributed by atoms with Crippen molar-refractivity contribution in [2.75, 3.05) is 59.2 Å². The topological polar surface area (TPSA) is 9.23 Å². The summed E-state index contributed by atoms with van der Waals surface area (Å²) < 4.78 is 5.55. The van der Waals surface area contributed by atoms with Crippen molar-refractivity contribution in [2.45, 2.75) is 0 Å². The summed E-state index contributed by atoms with van der Waals surface area (Å²) in [6.07, 6.45) is 0. The monoisotopic (exact) mass is 284 g/mol. The van der Waals surface area contributed by atoms with Gasteiger partial charge in [-0.25, -0.2) is 0 Å². The Kier molecular flexibility index (Phi) is 11.4. The summed E-state index contributed by atoms with van der Waals surface area (Å²) in [5.74, 6) is 10.2. The minimum absolute atomic E-state index is 0.935. The van der Waals surface area contributed by atoms with Crippen LogP contribution in [0.4, 0.5) is 0 Å². The molecular weight excluding hydrogens is 264 g/mol. The third kappa shape index (κ3) is 10.2. The van der Waals surface area contributed by atoms with E-state index < -0.39 is 0 Å². The molecule has 0 radical (unpaired) electrons. The smallest absolute Gasteiger partial charge is 0.0557 e. The summed E-state index contributed by atoms with van der Waals surface area (Å²) in [5.41, 5.74) is 0. The molecule has 15 heavy (non-hydrogen) atoms. The molecule has 0 unspecified atom stereocenters. The van der Waals surface area contributed by atoms with Crippen LogP contribution in [0.15, 0.2) is 0 Å². The fourth-order valence-electron chi connectivity index (χ4n) is 1.10. The van der Waals surface area contributed by atoms with E-state index in [9.17, 15) is 0 Å². The summed E-state index contributed by atoms with van der Waals surface area (Å²) in [4.78, 5) is 0. The molecule has 5 heteroatoms. The van der Waals surface area contributed by atoms with Crippen molar-refractivity contribution in [3.05, 3.63) is 0 Å². The molecule has 0 bridgehead atoms. The summed E-state index contributed by atoms with van der Waals surface area (Å²) in [6, 6.07) is 0. The molecule has 1 rings (SSSR count). The van der Waals surface area contributed by atoms with Gasteiger partial charge >= 0.3 is 0 Å². The van der Waals surface area contributed by atoms with Crippen molar-refractivity contribution in [3.63, 3.8) is 0 Å². The van der Waals surface area contributed by atoms with Crippen LogP contribution in [-0.4, -0.2) is 59.2 Å². The molecule has 0 aliphatic carbocycles. The van der Waals surface area contributed by atoms with E-state index in [1.165, 1.54) is 46.0 Å². The van der Waals surface area contributed by atoms with Crippen LogP contribution in [0.25, 0.3) is 0 Å². The summed E-state index contributed by atoms with van der Waals surface area (Å²) in [6.45, 7) is 1.87. The number of hydrogen-bond acceptors (Lipinski definition) is 5. The van der Waals surface area contributed by atoms with Crippen molar-refractivity contribution < 1.29 is 4.74 Å². The highest BCUT2D eigenvalue weighted by Gasteiger charge is 1.96. The maximum atomic E-state index is 5.55. The number of rotatable bonds is 0. The van der Waals surface area contributed by atoms with Gasteiger partial charge in [0.25, 0.3) is 0 Å². The van der Waals surface area contributed by atoms with E-state index in [4.69, 9.17) is 4.74 Å². The average molecular weight is 285 g/mol. The van der Waals surface area contributed by atoms with E-state index in [0.29, 0.717) is 0 Å². The van der Waals surface area contributed by atoms with Crippen LogP contribution < -0.4 is 0 Å². The molecule has 90 valence electrons. The molecule has 0 aromatic heterocycles. The lowest BCUT2D eigenvalue weighted by molar-refractivity contribution is 0.167. The van der Waals surface area contributed by atoms with Gasteiger partial charge in [0.1, 0.15) is 0 Å². The molecule has 1 nitrogen and oxygen atoms in total. The van der Waals surface area contributed by atoms with E-state index in [-0.39, 0.29) is 0 Å². The predicted octanol–water partition coefficient (Wildman–Crippen LogP) is 2.95. The Morgan fingerprint density at radius 1 is 0.467 bits per heavy atom. The summed E-state index contributed by atoms with van der Waals surface area (Å²) in [5, 5.41) is 0. The Morgan fingerprint density at radius 3 is 1.20 bits per heavy atom. The van der Waals surface area contributed by atoms with Gasteiger partial charge in [-0.05, 0) is 0 Å². The molecule has 0 N–H and O–H groups in total. The fraction of sp³-hybridized carbons (Fsp3) is 1.00. The number of thioether (sulfide) groups is 4. The lowest BCUT2D eigenvalue weighted by Gasteiger charge is -2.03. The van der Waals surface area contributed by atoms with Gasteiger partial charge in [0.05, 0.1) is 13.2 Å². The van der Waals surface area contributed by atoms with E-state index in [0.717, 1.165) is 13.2 Å². The van der Waals surface area contributed by atoms with Gasteiger partial charge in [-0.1, -0.05) is 0 Å². The van der Waals surface area contributed by atoms with Gasteiger partial charge in [-0.3, -0.25) is 0 Å².